The van der Waals surface area contributed by atoms with E-state index in [4.69, 9.17) is 33.0 Å². The number of nitrogens with zero attached hydrogens (tertiary/aromatic N) is 1. The lowest BCUT2D eigenvalue weighted by molar-refractivity contribution is -0.139. The molecule has 1 aliphatic rings. The molecule has 10 heteroatoms. The highest BCUT2D eigenvalue weighted by Crippen LogP contribution is 2.35. The van der Waals surface area contributed by atoms with Gasteiger partial charge in [0.1, 0.15) is 5.75 Å². The highest BCUT2D eigenvalue weighted by atomic mass is 79.9. The van der Waals surface area contributed by atoms with Crippen LogP contribution in [0.1, 0.15) is 11.1 Å². The molecule has 1 N–H and O–H groups in total. The molecule has 0 radical (unpaired) electrons. The maximum atomic E-state index is 12.7. The fraction of sp³-hybridized carbons (Fsp3) is 0.105. The zero-order valence-electron chi connectivity index (χ0n) is 14.5. The predicted octanol–water partition coefficient (Wildman–Crippen LogP) is 5.46. The zero-order valence-corrected chi connectivity index (χ0v) is 18.4. The standard InChI is InChI=1S/C19H12BrCl2NO5S/c20-12-5-10(2-4-15(12)28-9-17(24)25)7-16-18(26)23(19(27)29-16)8-11-1-3-13(21)14(22)6-11/h1-7H,8-9H2,(H,24,25)/b16-7-. The number of aliphatic carboxylic acids is 1. The van der Waals surface area contributed by atoms with Crippen molar-refractivity contribution in [3.63, 3.8) is 0 Å². The number of ether oxygens (including phenoxy) is 1. The summed E-state index contributed by atoms with van der Waals surface area (Å²) in [6, 6.07) is 9.84. The van der Waals surface area contributed by atoms with Crippen LogP contribution in [0.5, 0.6) is 5.75 Å². The quantitative estimate of drug-likeness (QED) is 0.513. The van der Waals surface area contributed by atoms with E-state index in [2.05, 4.69) is 15.9 Å². The second kappa shape index (κ2) is 9.21. The number of hydrogen-bond acceptors (Lipinski definition) is 5. The number of rotatable bonds is 6. The Hall–Kier alpha value is -2.00. The smallest absolute Gasteiger partial charge is 0.341 e. The van der Waals surface area contributed by atoms with Crippen molar-refractivity contribution in [1.29, 1.82) is 0 Å². The second-order valence-corrected chi connectivity index (χ2v) is 8.55. The van der Waals surface area contributed by atoms with E-state index < -0.39 is 18.5 Å². The number of carboxylic acid groups (broad SMARTS) is 1. The van der Waals surface area contributed by atoms with E-state index in [-0.39, 0.29) is 16.7 Å². The molecule has 1 saturated heterocycles. The van der Waals surface area contributed by atoms with Crippen molar-refractivity contribution in [3.8, 4) is 5.75 Å². The van der Waals surface area contributed by atoms with Crippen LogP contribution in [0.25, 0.3) is 6.08 Å². The van der Waals surface area contributed by atoms with Crippen LogP contribution < -0.4 is 4.74 Å². The van der Waals surface area contributed by atoms with Gasteiger partial charge in [-0.05, 0) is 69.2 Å². The monoisotopic (exact) mass is 515 g/mol. The molecule has 0 aromatic heterocycles. The Balaban J connectivity index is 1.76. The SMILES string of the molecule is O=C(O)COc1ccc(/C=C2\SC(=O)N(Cc3ccc(Cl)c(Cl)c3)C2=O)cc1Br. The summed E-state index contributed by atoms with van der Waals surface area (Å²) in [6.07, 6.45) is 1.59. The average Bonchev–Trinajstić information content (AvgIpc) is 2.91. The maximum Gasteiger partial charge on any atom is 0.341 e. The van der Waals surface area contributed by atoms with Gasteiger partial charge in [0.15, 0.2) is 6.61 Å². The summed E-state index contributed by atoms with van der Waals surface area (Å²) in [5, 5.41) is 9.04. The van der Waals surface area contributed by atoms with E-state index in [1.807, 2.05) is 0 Å². The van der Waals surface area contributed by atoms with Crippen molar-refractivity contribution in [3.05, 3.63) is 66.9 Å². The van der Waals surface area contributed by atoms with E-state index in [1.54, 1.807) is 42.5 Å². The summed E-state index contributed by atoms with van der Waals surface area (Å²) >= 11 is 16.0. The van der Waals surface area contributed by atoms with Crippen LogP contribution in [0.3, 0.4) is 0 Å². The van der Waals surface area contributed by atoms with Gasteiger partial charge in [-0.15, -0.1) is 0 Å². The van der Waals surface area contributed by atoms with Gasteiger partial charge >= 0.3 is 5.97 Å². The number of carboxylic acids is 1. The zero-order chi connectivity index (χ0) is 21.1. The third-order valence-corrected chi connectivity index (χ3v) is 6.07. The first-order chi connectivity index (χ1) is 13.7. The molecule has 0 aliphatic carbocycles. The van der Waals surface area contributed by atoms with E-state index in [1.165, 1.54) is 0 Å². The van der Waals surface area contributed by atoms with Crippen LogP contribution in [0.2, 0.25) is 10.0 Å². The molecular weight excluding hydrogens is 505 g/mol. The molecule has 0 spiro atoms. The Morgan fingerprint density at radius 1 is 1.17 bits per heavy atom. The van der Waals surface area contributed by atoms with Crippen LogP contribution in [-0.4, -0.2) is 33.7 Å². The molecule has 150 valence electrons. The number of thioether (sulfide) groups is 1. The summed E-state index contributed by atoms with van der Waals surface area (Å²) in [6.45, 7) is -0.379. The summed E-state index contributed by atoms with van der Waals surface area (Å²) in [4.78, 5) is 37.0. The van der Waals surface area contributed by atoms with Gasteiger partial charge in [0.2, 0.25) is 0 Å². The summed E-state index contributed by atoms with van der Waals surface area (Å²) in [5.41, 5.74) is 1.34. The van der Waals surface area contributed by atoms with Gasteiger partial charge in [-0.1, -0.05) is 35.3 Å². The Bertz CT molecular complexity index is 1040. The fourth-order valence-corrected chi connectivity index (χ4v) is 4.14. The second-order valence-electron chi connectivity index (χ2n) is 5.89. The molecule has 1 heterocycles. The molecule has 3 rings (SSSR count). The molecule has 2 aromatic rings. The fourth-order valence-electron chi connectivity index (χ4n) is 2.47. The van der Waals surface area contributed by atoms with Crippen molar-refractivity contribution in [2.24, 2.45) is 0 Å². The van der Waals surface area contributed by atoms with Gasteiger partial charge in [-0.3, -0.25) is 14.5 Å². The predicted molar refractivity (Wildman–Crippen MR) is 115 cm³/mol. The molecule has 2 aromatic carbocycles. The number of amides is 2. The van der Waals surface area contributed by atoms with E-state index in [0.29, 0.717) is 31.4 Å². The molecule has 6 nitrogen and oxygen atoms in total. The molecule has 2 amide bonds. The third-order valence-electron chi connectivity index (χ3n) is 3.80. The van der Waals surface area contributed by atoms with Crippen LogP contribution in [0, 0.1) is 0 Å². The average molecular weight is 517 g/mol. The van der Waals surface area contributed by atoms with E-state index >= 15 is 0 Å². The number of imide groups is 1. The highest BCUT2D eigenvalue weighted by molar-refractivity contribution is 9.10. The topological polar surface area (TPSA) is 83.9 Å². The van der Waals surface area contributed by atoms with Gasteiger partial charge in [-0.2, -0.15) is 0 Å². The van der Waals surface area contributed by atoms with Crippen LogP contribution in [0.15, 0.2) is 45.8 Å². The van der Waals surface area contributed by atoms with Gasteiger partial charge in [0, 0.05) is 0 Å². The maximum absolute atomic E-state index is 12.7. The van der Waals surface area contributed by atoms with E-state index in [9.17, 15) is 14.4 Å². The van der Waals surface area contributed by atoms with Gasteiger partial charge in [0.05, 0.1) is 26.0 Å². The molecule has 0 bridgehead atoms. The Morgan fingerprint density at radius 3 is 2.59 bits per heavy atom. The first-order valence-corrected chi connectivity index (χ1v) is 10.4. The number of carbonyl (C=O) groups excluding carboxylic acids is 2. The van der Waals surface area contributed by atoms with Crippen LogP contribution in [0.4, 0.5) is 4.79 Å². The Morgan fingerprint density at radius 2 is 1.93 bits per heavy atom. The van der Waals surface area contributed by atoms with Crippen molar-refractivity contribution in [1.82, 2.24) is 4.90 Å². The van der Waals surface area contributed by atoms with Crippen molar-refractivity contribution in [2.75, 3.05) is 6.61 Å². The van der Waals surface area contributed by atoms with E-state index in [0.717, 1.165) is 16.7 Å². The first kappa shape index (κ1) is 21.7. The summed E-state index contributed by atoms with van der Waals surface area (Å²) in [7, 11) is 0. The molecule has 1 aliphatic heterocycles. The summed E-state index contributed by atoms with van der Waals surface area (Å²) < 4.78 is 5.67. The lowest BCUT2D eigenvalue weighted by Crippen LogP contribution is -2.27. The highest BCUT2D eigenvalue weighted by Gasteiger charge is 2.35. The Kier molecular flexibility index (Phi) is 6.89. The van der Waals surface area contributed by atoms with Gasteiger partial charge < -0.3 is 9.84 Å². The van der Waals surface area contributed by atoms with Gasteiger partial charge in [0.25, 0.3) is 11.1 Å². The largest absolute Gasteiger partial charge is 0.481 e. The molecule has 29 heavy (non-hydrogen) atoms. The molecule has 0 unspecified atom stereocenters. The van der Waals surface area contributed by atoms with Crippen LogP contribution >= 0.6 is 50.9 Å². The molecule has 1 fully saturated rings. The van der Waals surface area contributed by atoms with Crippen molar-refractivity contribution in [2.45, 2.75) is 6.54 Å². The number of hydrogen-bond donors (Lipinski definition) is 1. The minimum Gasteiger partial charge on any atom is -0.481 e. The van der Waals surface area contributed by atoms with Crippen molar-refractivity contribution >= 4 is 74.1 Å². The normalized spacial score (nSPS) is 15.3. The summed E-state index contributed by atoms with van der Waals surface area (Å²) in [5.74, 6) is -1.14. The lowest BCUT2D eigenvalue weighted by atomic mass is 10.2. The molecule has 0 saturated carbocycles. The number of halogens is 3. The molecular formula is C19H12BrCl2NO5S. The first-order valence-electron chi connectivity index (χ1n) is 8.08. The third kappa shape index (κ3) is 5.33. The number of carbonyl (C=O) groups is 3. The molecule has 0 atom stereocenters. The van der Waals surface area contributed by atoms with Crippen LogP contribution in [-0.2, 0) is 16.1 Å². The Labute approximate surface area is 188 Å². The minimum absolute atomic E-state index is 0.0879. The van der Waals surface area contributed by atoms with Gasteiger partial charge in [-0.25, -0.2) is 4.79 Å². The lowest BCUT2D eigenvalue weighted by Gasteiger charge is -2.13. The van der Waals surface area contributed by atoms with Crippen molar-refractivity contribution < 1.29 is 24.2 Å². The minimum atomic E-state index is -1.09. The number of benzene rings is 2.